The number of hydrogen-bond donors (Lipinski definition) is 2. The van der Waals surface area contributed by atoms with E-state index in [1.54, 1.807) is 30.3 Å². The fourth-order valence-electron chi connectivity index (χ4n) is 3.05. The molecule has 9 nitrogen and oxygen atoms in total. The van der Waals surface area contributed by atoms with Crippen LogP contribution in [0.2, 0.25) is 0 Å². The molecule has 3 heterocycles. The van der Waals surface area contributed by atoms with Gasteiger partial charge in [-0.1, -0.05) is 13.8 Å². The Balaban J connectivity index is 1.82. The van der Waals surface area contributed by atoms with Crippen LogP contribution < -0.4 is 10.6 Å². The van der Waals surface area contributed by atoms with Crippen LogP contribution in [0.25, 0.3) is 5.95 Å². The van der Waals surface area contributed by atoms with E-state index in [0.29, 0.717) is 24.9 Å². The molecule has 9 heteroatoms. The summed E-state index contributed by atoms with van der Waals surface area (Å²) in [6, 6.07) is 3.57. The van der Waals surface area contributed by atoms with Crippen LogP contribution in [0.5, 0.6) is 0 Å². The largest absolute Gasteiger partial charge is 0.385 e. The lowest BCUT2D eigenvalue weighted by atomic mass is 10.1. The zero-order valence-corrected chi connectivity index (χ0v) is 16.1. The molecule has 0 saturated carbocycles. The predicted molar refractivity (Wildman–Crippen MR) is 102 cm³/mol. The summed E-state index contributed by atoms with van der Waals surface area (Å²) in [4.78, 5) is 23.3. The summed E-state index contributed by atoms with van der Waals surface area (Å²) in [6.07, 6.45) is 4.10. The summed E-state index contributed by atoms with van der Waals surface area (Å²) in [7, 11) is 1.67. The van der Waals surface area contributed by atoms with Gasteiger partial charge in [0.2, 0.25) is 0 Å². The number of piperazine rings is 1. The lowest BCUT2D eigenvalue weighted by Crippen LogP contribution is -2.55. The number of anilines is 1. The van der Waals surface area contributed by atoms with Crippen LogP contribution in [-0.4, -0.2) is 70.1 Å². The molecule has 0 radical (unpaired) electrons. The molecule has 2 N–H and O–H groups in total. The highest BCUT2D eigenvalue weighted by Gasteiger charge is 2.27. The molecule has 1 saturated heterocycles. The Kier molecular flexibility index (Phi) is 6.36. The number of hydrogen-bond acceptors (Lipinski definition) is 6. The van der Waals surface area contributed by atoms with E-state index in [2.05, 4.69) is 39.5 Å². The summed E-state index contributed by atoms with van der Waals surface area (Å²) >= 11 is 0. The van der Waals surface area contributed by atoms with Crippen molar-refractivity contribution in [3.8, 4) is 5.95 Å². The predicted octanol–water partition coefficient (Wildman–Crippen LogP) is 1.63. The maximum absolute atomic E-state index is 13.0. The Hall–Kier alpha value is -2.52. The molecule has 1 atom stereocenters. The van der Waals surface area contributed by atoms with Crippen LogP contribution in [0.15, 0.2) is 24.5 Å². The molecule has 1 aliphatic heterocycles. The van der Waals surface area contributed by atoms with Crippen LogP contribution in [0, 0.1) is 0 Å². The van der Waals surface area contributed by atoms with Gasteiger partial charge in [-0.05, 0) is 18.4 Å². The van der Waals surface area contributed by atoms with Gasteiger partial charge < -0.3 is 15.0 Å². The number of methoxy groups -OCH3 is 1. The highest BCUT2D eigenvalue weighted by atomic mass is 16.5. The Morgan fingerprint density at radius 2 is 2.19 bits per heavy atom. The Bertz CT molecular complexity index is 747. The summed E-state index contributed by atoms with van der Waals surface area (Å²) < 4.78 is 6.76. The standard InChI is InChI=1S/C18H27N7O2/c1-13(2)15-11-16(25(23-15)17-20-6-4-7-21-17)22-18(26)24-9-8-19-12-14(24)5-10-27-3/h4,6-7,11,13-14,19H,5,8-10,12H2,1-3H3,(H,22,26). The zero-order chi connectivity index (χ0) is 19.2. The number of ether oxygens (including phenoxy) is 1. The Morgan fingerprint density at radius 3 is 2.89 bits per heavy atom. The van der Waals surface area contributed by atoms with Gasteiger partial charge in [0.15, 0.2) is 0 Å². The molecule has 2 aromatic heterocycles. The van der Waals surface area contributed by atoms with E-state index in [0.717, 1.165) is 25.2 Å². The third kappa shape index (κ3) is 4.61. The van der Waals surface area contributed by atoms with Gasteiger partial charge in [-0.15, -0.1) is 0 Å². The molecule has 1 aliphatic rings. The van der Waals surface area contributed by atoms with Gasteiger partial charge in [-0.3, -0.25) is 5.32 Å². The van der Waals surface area contributed by atoms with Crippen molar-refractivity contribution in [1.82, 2.24) is 30.0 Å². The van der Waals surface area contributed by atoms with Gasteiger partial charge in [-0.25, -0.2) is 14.8 Å². The number of carbonyl (C=O) groups excluding carboxylic acids is 1. The van der Waals surface area contributed by atoms with Crippen molar-refractivity contribution >= 4 is 11.8 Å². The number of aromatic nitrogens is 4. The van der Waals surface area contributed by atoms with Gasteiger partial charge in [0.25, 0.3) is 5.95 Å². The summed E-state index contributed by atoms with van der Waals surface area (Å²) in [6.45, 7) is 6.91. The minimum atomic E-state index is -0.148. The smallest absolute Gasteiger partial charge is 0.323 e. The van der Waals surface area contributed by atoms with E-state index in [9.17, 15) is 4.79 Å². The first-order valence-corrected chi connectivity index (χ1v) is 9.24. The highest BCUT2D eigenvalue weighted by Crippen LogP contribution is 2.21. The monoisotopic (exact) mass is 373 g/mol. The van der Waals surface area contributed by atoms with Crippen LogP contribution in [-0.2, 0) is 4.74 Å². The maximum atomic E-state index is 13.0. The van der Waals surface area contributed by atoms with E-state index in [1.807, 2.05) is 11.0 Å². The van der Waals surface area contributed by atoms with Gasteiger partial charge >= 0.3 is 6.03 Å². The topological polar surface area (TPSA) is 97.2 Å². The number of urea groups is 1. The Labute approximate surface area is 159 Å². The average Bonchev–Trinajstić information content (AvgIpc) is 3.11. The SMILES string of the molecule is COCCC1CNCCN1C(=O)Nc1cc(C(C)C)nn1-c1ncccn1. The molecule has 3 rings (SSSR count). The molecule has 146 valence electrons. The lowest BCUT2D eigenvalue weighted by molar-refractivity contribution is 0.129. The van der Waals surface area contributed by atoms with Crippen LogP contribution in [0.1, 0.15) is 31.9 Å². The van der Waals surface area contributed by atoms with E-state index in [-0.39, 0.29) is 18.0 Å². The second kappa shape index (κ2) is 8.92. The molecule has 1 fully saturated rings. The van der Waals surface area contributed by atoms with Crippen LogP contribution in [0.3, 0.4) is 0 Å². The summed E-state index contributed by atoms with van der Waals surface area (Å²) in [5.74, 6) is 1.22. The molecule has 0 spiro atoms. The van der Waals surface area contributed by atoms with E-state index in [4.69, 9.17) is 4.74 Å². The van der Waals surface area contributed by atoms with Crippen molar-refractivity contribution in [3.63, 3.8) is 0 Å². The number of carbonyl (C=O) groups is 1. The first-order valence-electron chi connectivity index (χ1n) is 9.24. The van der Waals surface area contributed by atoms with E-state index in [1.165, 1.54) is 0 Å². The zero-order valence-electron chi connectivity index (χ0n) is 16.1. The molecule has 27 heavy (non-hydrogen) atoms. The fraction of sp³-hybridized carbons (Fsp3) is 0.556. The second-order valence-electron chi connectivity index (χ2n) is 6.83. The van der Waals surface area contributed by atoms with Gasteiger partial charge in [-0.2, -0.15) is 9.78 Å². The van der Waals surface area contributed by atoms with Crippen molar-refractivity contribution in [2.45, 2.75) is 32.2 Å². The number of nitrogens with zero attached hydrogens (tertiary/aromatic N) is 5. The fourth-order valence-corrected chi connectivity index (χ4v) is 3.05. The van der Waals surface area contributed by atoms with Gasteiger partial charge in [0.05, 0.1) is 5.69 Å². The van der Waals surface area contributed by atoms with Gasteiger partial charge in [0.1, 0.15) is 5.82 Å². The van der Waals surface area contributed by atoms with E-state index >= 15 is 0 Å². The molecule has 2 aromatic rings. The summed E-state index contributed by atoms with van der Waals surface area (Å²) in [5.41, 5.74) is 0.869. The van der Waals surface area contributed by atoms with Crippen LogP contribution in [0.4, 0.5) is 10.6 Å². The molecular formula is C18H27N7O2. The second-order valence-corrected chi connectivity index (χ2v) is 6.83. The third-order valence-corrected chi connectivity index (χ3v) is 4.56. The van der Waals surface area contributed by atoms with E-state index < -0.39 is 0 Å². The van der Waals surface area contributed by atoms with Gasteiger partial charge in [0, 0.05) is 57.9 Å². The number of amides is 2. The number of rotatable bonds is 6. The third-order valence-electron chi connectivity index (χ3n) is 4.56. The highest BCUT2D eigenvalue weighted by molar-refractivity contribution is 5.89. The van der Waals surface area contributed by atoms with Crippen molar-refractivity contribution < 1.29 is 9.53 Å². The minimum absolute atomic E-state index is 0.0904. The molecular weight excluding hydrogens is 346 g/mol. The van der Waals surface area contributed by atoms with Crippen LogP contribution >= 0.6 is 0 Å². The minimum Gasteiger partial charge on any atom is -0.385 e. The maximum Gasteiger partial charge on any atom is 0.323 e. The first-order chi connectivity index (χ1) is 13.1. The summed E-state index contributed by atoms with van der Waals surface area (Å²) in [5, 5.41) is 10.9. The molecule has 1 unspecified atom stereocenters. The molecule has 2 amide bonds. The normalized spacial score (nSPS) is 17.3. The molecule has 0 aliphatic carbocycles. The number of nitrogens with one attached hydrogen (secondary N) is 2. The Morgan fingerprint density at radius 1 is 1.41 bits per heavy atom. The van der Waals surface area contributed by atoms with Crippen molar-refractivity contribution in [3.05, 3.63) is 30.2 Å². The first kappa shape index (κ1) is 19.2. The van der Waals surface area contributed by atoms with Crippen molar-refractivity contribution in [2.75, 3.05) is 38.7 Å². The lowest BCUT2D eigenvalue weighted by Gasteiger charge is -2.36. The quantitative estimate of drug-likeness (QED) is 0.799. The molecule has 0 aromatic carbocycles. The van der Waals surface area contributed by atoms with Crippen molar-refractivity contribution in [2.24, 2.45) is 0 Å². The average molecular weight is 373 g/mol. The van der Waals surface area contributed by atoms with Crippen molar-refractivity contribution in [1.29, 1.82) is 0 Å². The molecule has 0 bridgehead atoms.